The molecule has 0 saturated carbocycles. The fourth-order valence-electron chi connectivity index (χ4n) is 1.21. The first-order valence-corrected chi connectivity index (χ1v) is 7.16. The van der Waals surface area contributed by atoms with Gasteiger partial charge in [-0.2, -0.15) is 0 Å². The fourth-order valence-corrected chi connectivity index (χ4v) is 3.46. The summed E-state index contributed by atoms with van der Waals surface area (Å²) >= 11 is 3.31. The molecule has 0 aliphatic rings. The van der Waals surface area contributed by atoms with Crippen molar-refractivity contribution < 1.29 is 0 Å². The van der Waals surface area contributed by atoms with E-state index >= 15 is 0 Å². The standard InChI is InChI=1S/C9H8N6.2Sb/c10-7-13-8(11)15-9(14-7)12-6-4-2-1-3-5-6;;/h2-4H,(H5,10,11,12,13,14,15);;. The summed E-state index contributed by atoms with van der Waals surface area (Å²) in [6.07, 6.45) is 0. The first-order chi connectivity index (χ1) is 8.04. The molecule has 1 aromatic heterocycles. The number of hydrogen-bond donors (Lipinski definition) is 3. The van der Waals surface area contributed by atoms with Crippen molar-refractivity contribution in [1.82, 2.24) is 15.0 Å². The first-order valence-electron chi connectivity index (χ1n) is 4.60. The monoisotopic (exact) mass is 442 g/mol. The molecular formula is C9H8N6Sb2. The van der Waals surface area contributed by atoms with Crippen LogP contribution in [0, 0.1) is 0 Å². The molecule has 0 amide bonds. The van der Waals surface area contributed by atoms with Crippen LogP contribution in [-0.4, -0.2) is 61.0 Å². The zero-order valence-electron chi connectivity index (χ0n) is 8.62. The predicted molar refractivity (Wildman–Crippen MR) is 69.2 cm³/mol. The molecule has 8 heteroatoms. The quantitative estimate of drug-likeness (QED) is 0.482. The summed E-state index contributed by atoms with van der Waals surface area (Å²) < 4.78 is 2.42. The Labute approximate surface area is 126 Å². The number of nitrogens with one attached hydrogen (secondary N) is 1. The number of aromatic nitrogens is 3. The van der Waals surface area contributed by atoms with E-state index in [1.165, 1.54) is 3.51 Å². The number of nitrogens with zero attached hydrogens (tertiary/aromatic N) is 3. The third-order valence-corrected chi connectivity index (χ3v) is 3.75. The molecule has 0 aliphatic heterocycles. The van der Waals surface area contributed by atoms with Crippen molar-refractivity contribution in [2.45, 2.75) is 0 Å². The van der Waals surface area contributed by atoms with Gasteiger partial charge in [0.2, 0.25) is 0 Å². The fraction of sp³-hybridized carbons (Fsp3) is 0. The number of hydrogen-bond acceptors (Lipinski definition) is 6. The van der Waals surface area contributed by atoms with Crippen LogP contribution in [0.4, 0.5) is 23.5 Å². The molecule has 4 radical (unpaired) electrons. The predicted octanol–water partition coefficient (Wildman–Crippen LogP) is -1.63. The van der Waals surface area contributed by atoms with Crippen LogP contribution >= 0.6 is 0 Å². The van der Waals surface area contributed by atoms with Gasteiger partial charge in [0.05, 0.1) is 0 Å². The molecular weight excluding hydrogens is 436 g/mol. The van der Waals surface area contributed by atoms with Gasteiger partial charge < -0.3 is 0 Å². The zero-order chi connectivity index (χ0) is 12.4. The first kappa shape index (κ1) is 12.7. The van der Waals surface area contributed by atoms with Gasteiger partial charge in [0.25, 0.3) is 0 Å². The van der Waals surface area contributed by atoms with Gasteiger partial charge in [0.1, 0.15) is 0 Å². The van der Waals surface area contributed by atoms with E-state index in [1.807, 2.05) is 12.1 Å². The minimum absolute atomic E-state index is 0.108. The maximum absolute atomic E-state index is 5.50. The van der Waals surface area contributed by atoms with E-state index in [0.717, 1.165) is 9.20 Å². The van der Waals surface area contributed by atoms with Gasteiger partial charge in [-0.25, -0.2) is 0 Å². The normalized spacial score (nSPS) is 10.2. The van der Waals surface area contributed by atoms with Crippen LogP contribution in [0.25, 0.3) is 0 Å². The molecule has 84 valence electrons. The van der Waals surface area contributed by atoms with Crippen LogP contribution in [0.1, 0.15) is 0 Å². The van der Waals surface area contributed by atoms with Crippen molar-refractivity contribution in [3.05, 3.63) is 18.2 Å². The summed E-state index contributed by atoms with van der Waals surface area (Å²) in [5, 5.41) is 3.08. The molecule has 0 unspecified atom stereocenters. The summed E-state index contributed by atoms with van der Waals surface area (Å²) in [6.45, 7) is 0. The second-order valence-corrected chi connectivity index (χ2v) is 6.05. The Balaban J connectivity index is 2.31. The molecule has 0 saturated heterocycles. The Morgan fingerprint density at radius 1 is 1.00 bits per heavy atom. The third-order valence-electron chi connectivity index (χ3n) is 1.90. The Bertz CT molecular complexity index is 539. The molecule has 1 aromatic carbocycles. The number of nitrogens with two attached hydrogens (primary N) is 2. The topological polar surface area (TPSA) is 103 Å². The van der Waals surface area contributed by atoms with Gasteiger partial charge >= 0.3 is 127 Å². The number of nitrogen functional groups attached to an aromatic ring is 2. The molecule has 0 aliphatic carbocycles. The van der Waals surface area contributed by atoms with Crippen LogP contribution in [0.3, 0.4) is 0 Å². The van der Waals surface area contributed by atoms with Gasteiger partial charge in [-0.3, -0.25) is 0 Å². The molecule has 0 atom stereocenters. The van der Waals surface area contributed by atoms with Gasteiger partial charge in [0, 0.05) is 0 Å². The van der Waals surface area contributed by atoms with Gasteiger partial charge in [-0.1, -0.05) is 0 Å². The Hall–Kier alpha value is -0.734. The van der Waals surface area contributed by atoms with Crippen molar-refractivity contribution in [2.75, 3.05) is 16.8 Å². The molecule has 5 N–H and O–H groups in total. The average Bonchev–Trinajstić information content (AvgIpc) is 2.21. The SMILES string of the molecule is Nc1nc(N)nc(Nc2cc[c]([Sb])c[c]2[Sb])n1. The van der Waals surface area contributed by atoms with Crippen molar-refractivity contribution in [2.24, 2.45) is 0 Å². The van der Waals surface area contributed by atoms with E-state index in [-0.39, 0.29) is 11.9 Å². The van der Waals surface area contributed by atoms with Crippen LogP contribution in [0.2, 0.25) is 0 Å². The van der Waals surface area contributed by atoms with Crippen LogP contribution in [0.5, 0.6) is 0 Å². The Morgan fingerprint density at radius 3 is 2.24 bits per heavy atom. The minimum atomic E-state index is 0.108. The summed E-state index contributed by atoms with van der Waals surface area (Å²) in [5.41, 5.74) is 11.9. The van der Waals surface area contributed by atoms with E-state index in [4.69, 9.17) is 11.5 Å². The molecule has 17 heavy (non-hydrogen) atoms. The van der Waals surface area contributed by atoms with Crippen molar-refractivity contribution in [1.29, 1.82) is 0 Å². The number of benzene rings is 1. The van der Waals surface area contributed by atoms with Crippen LogP contribution < -0.4 is 23.8 Å². The van der Waals surface area contributed by atoms with Crippen molar-refractivity contribution in [3.63, 3.8) is 0 Å². The van der Waals surface area contributed by atoms with E-state index in [0.29, 0.717) is 5.95 Å². The van der Waals surface area contributed by atoms with E-state index < -0.39 is 0 Å². The van der Waals surface area contributed by atoms with Crippen molar-refractivity contribution >= 4 is 76.6 Å². The summed E-state index contributed by atoms with van der Waals surface area (Å²) in [5.74, 6) is 0.577. The zero-order valence-corrected chi connectivity index (χ0v) is 13.7. The molecule has 0 fully saturated rings. The summed E-state index contributed by atoms with van der Waals surface area (Å²) in [7, 11) is 0. The molecule has 0 spiro atoms. The molecule has 2 rings (SSSR count). The van der Waals surface area contributed by atoms with Gasteiger partial charge in [-0.15, -0.1) is 0 Å². The molecule has 6 nitrogen and oxygen atoms in total. The molecule has 2 aromatic rings. The van der Waals surface area contributed by atoms with E-state index in [9.17, 15) is 0 Å². The Morgan fingerprint density at radius 2 is 1.65 bits per heavy atom. The van der Waals surface area contributed by atoms with Crippen LogP contribution in [0.15, 0.2) is 18.2 Å². The van der Waals surface area contributed by atoms with Crippen LogP contribution in [-0.2, 0) is 0 Å². The van der Waals surface area contributed by atoms with E-state index in [1.54, 1.807) is 46.0 Å². The van der Waals surface area contributed by atoms with Crippen molar-refractivity contribution in [3.8, 4) is 0 Å². The second-order valence-electron chi connectivity index (χ2n) is 3.20. The number of rotatable bonds is 2. The van der Waals surface area contributed by atoms with Gasteiger partial charge in [-0.05, 0) is 0 Å². The summed E-state index contributed by atoms with van der Waals surface area (Å²) in [4.78, 5) is 11.6. The second kappa shape index (κ2) is 5.28. The molecule has 1 heterocycles. The third kappa shape index (κ3) is 3.36. The maximum atomic E-state index is 5.50. The molecule has 0 bridgehead atoms. The average molecular weight is 444 g/mol. The summed E-state index contributed by atoms with van der Waals surface area (Å²) in [6, 6.07) is 6.13. The number of anilines is 4. The van der Waals surface area contributed by atoms with Gasteiger partial charge in [0.15, 0.2) is 0 Å². The Kier molecular flexibility index (Phi) is 3.95. The van der Waals surface area contributed by atoms with E-state index in [2.05, 4.69) is 26.3 Å².